The van der Waals surface area contributed by atoms with Crippen molar-refractivity contribution in [1.82, 2.24) is 19.9 Å². The average Bonchev–Trinajstić information content (AvgIpc) is 3.93. The molecule has 5 atom stereocenters. The lowest BCUT2D eigenvalue weighted by Crippen LogP contribution is -2.66. The van der Waals surface area contributed by atoms with Gasteiger partial charge in [-0.1, -0.05) is 77.8 Å². The fraction of sp³-hybridized carbons (Fsp3) is 0.545. The Balaban J connectivity index is 1.34. The molecule has 2 bridgehead atoms. The third-order valence-corrected chi connectivity index (χ3v) is 19.7. The molecule has 2 aromatic heterocycles. The Morgan fingerprint density at radius 2 is 1.64 bits per heavy atom. The van der Waals surface area contributed by atoms with E-state index in [9.17, 15) is 9.00 Å². The van der Waals surface area contributed by atoms with Crippen molar-refractivity contribution in [3.63, 3.8) is 0 Å². The number of piperazine rings is 1. The van der Waals surface area contributed by atoms with Gasteiger partial charge in [0.1, 0.15) is 42.2 Å². The molecule has 0 radical (unpaired) electrons. The Morgan fingerprint density at radius 1 is 0.964 bits per heavy atom. The predicted molar refractivity (Wildman–Crippen MR) is 224 cm³/mol. The van der Waals surface area contributed by atoms with Crippen LogP contribution in [0.4, 0.5) is 15.0 Å². The van der Waals surface area contributed by atoms with Crippen molar-refractivity contribution >= 4 is 52.5 Å². The Labute approximate surface area is 333 Å². The summed E-state index contributed by atoms with van der Waals surface area (Å²) in [5.41, 5.74) is 6.15. The molecule has 56 heavy (non-hydrogen) atoms. The third kappa shape index (κ3) is 6.37. The number of carbonyl (C=O) groups is 1. The predicted octanol–water partition coefficient (Wildman–Crippen LogP) is 9.42. The SMILES string of the molecule is CC(C)[Si](C#Cc1cccc2cccc(-c3nc4c5c(nc(S(C)=O)nc5c3F)N3C[C@H]5CC[C@@H]([C@H]3C(C3CC3)O4)N5C(=O)OC(C)(C)C)c12)(C(C)C)C(C)C. The largest absolute Gasteiger partial charge is 0.471 e. The van der Waals surface area contributed by atoms with Gasteiger partial charge in [0.2, 0.25) is 11.0 Å². The minimum atomic E-state index is -2.09. The maximum absolute atomic E-state index is 17.6. The molecule has 9 nitrogen and oxygen atoms in total. The van der Waals surface area contributed by atoms with Crippen LogP contribution in [-0.4, -0.2) is 80.9 Å². The van der Waals surface area contributed by atoms with Crippen LogP contribution < -0.4 is 9.64 Å². The van der Waals surface area contributed by atoms with Crippen LogP contribution >= 0.6 is 0 Å². The number of rotatable bonds is 6. The van der Waals surface area contributed by atoms with Gasteiger partial charge < -0.3 is 14.4 Å². The highest BCUT2D eigenvalue weighted by atomic mass is 32.2. The molecule has 296 valence electrons. The smallest absolute Gasteiger partial charge is 0.410 e. The molecule has 0 spiro atoms. The maximum Gasteiger partial charge on any atom is 0.410 e. The summed E-state index contributed by atoms with van der Waals surface area (Å²) >= 11 is 0. The van der Waals surface area contributed by atoms with Crippen molar-refractivity contribution in [2.45, 2.75) is 140 Å². The van der Waals surface area contributed by atoms with Gasteiger partial charge in [-0.05, 0) is 80.4 Å². The summed E-state index contributed by atoms with van der Waals surface area (Å²) in [5, 5.41) is 2.17. The summed E-state index contributed by atoms with van der Waals surface area (Å²) < 4.78 is 43.8. The Morgan fingerprint density at radius 3 is 2.27 bits per heavy atom. The normalized spacial score (nSPS) is 22.6. The fourth-order valence-corrected chi connectivity index (χ4v) is 15.8. The Bertz CT molecular complexity index is 2300. The molecule has 12 heteroatoms. The van der Waals surface area contributed by atoms with Crippen molar-refractivity contribution < 1.29 is 22.9 Å². The van der Waals surface area contributed by atoms with Gasteiger partial charge in [0.25, 0.3) is 0 Å². The summed E-state index contributed by atoms with van der Waals surface area (Å²) in [7, 11) is -3.70. The molecule has 0 N–H and O–H groups in total. The van der Waals surface area contributed by atoms with Crippen LogP contribution in [-0.2, 0) is 15.5 Å². The number of pyridine rings is 1. The van der Waals surface area contributed by atoms with Crippen LogP contribution in [0.5, 0.6) is 5.88 Å². The molecule has 8 rings (SSSR count). The van der Waals surface area contributed by atoms with Crippen molar-refractivity contribution in [1.29, 1.82) is 0 Å². The number of anilines is 1. The summed E-state index contributed by atoms with van der Waals surface area (Å²) in [6.45, 7) is 19.9. The van der Waals surface area contributed by atoms with Gasteiger partial charge in [0.15, 0.2) is 5.82 Å². The van der Waals surface area contributed by atoms with E-state index in [1.165, 1.54) is 6.26 Å². The standard InChI is InChI=1S/C44H54FN5O4SSi/c1-24(2)56(25(3)4,26(5)6)22-21-28-14-11-13-27-15-12-16-31(33(27)28)36-35(45)37-34-40(48-42(47-37)55(10)52)49-23-30-19-20-32(50(30)43(51)54-44(7,8)9)38(49)39(29-17-18-29)53-41(34)46-36/h11-16,24-26,29-30,32,38-39H,17-20,23H2,1-10H3/t30-,32+,38+,39?,55?/m1/s1. The molecule has 5 heterocycles. The van der Waals surface area contributed by atoms with Crippen molar-refractivity contribution in [2.24, 2.45) is 5.92 Å². The van der Waals surface area contributed by atoms with Gasteiger partial charge in [0, 0.05) is 29.3 Å². The molecular formula is C44H54FN5O4SSi. The van der Waals surface area contributed by atoms with Crippen molar-refractivity contribution in [3.05, 3.63) is 47.8 Å². The second kappa shape index (κ2) is 14.1. The number of aromatic nitrogens is 3. The number of nitrogens with zero attached hydrogens (tertiary/aromatic N) is 5. The van der Waals surface area contributed by atoms with Gasteiger partial charge in [-0.15, -0.1) is 5.54 Å². The van der Waals surface area contributed by atoms with Crippen LogP contribution in [0.2, 0.25) is 16.6 Å². The van der Waals surface area contributed by atoms with E-state index in [0.717, 1.165) is 42.0 Å². The first-order chi connectivity index (χ1) is 26.5. The third-order valence-electron chi connectivity index (χ3n) is 12.7. The van der Waals surface area contributed by atoms with E-state index in [-0.39, 0.29) is 58.5 Å². The molecule has 2 unspecified atom stereocenters. The number of ether oxygens (including phenoxy) is 2. The topological polar surface area (TPSA) is 97.8 Å². The summed E-state index contributed by atoms with van der Waals surface area (Å²) in [6, 6.07) is 11.2. The number of hydrogen-bond donors (Lipinski definition) is 0. The van der Waals surface area contributed by atoms with Gasteiger partial charge in [-0.25, -0.2) is 24.1 Å². The lowest BCUT2D eigenvalue weighted by atomic mass is 9.94. The van der Waals surface area contributed by atoms with E-state index in [1.807, 2.05) is 62.1 Å². The molecule has 3 aliphatic heterocycles. The van der Waals surface area contributed by atoms with Gasteiger partial charge >= 0.3 is 6.09 Å². The van der Waals surface area contributed by atoms with Crippen LogP contribution in [0.25, 0.3) is 32.9 Å². The van der Waals surface area contributed by atoms with E-state index in [0.29, 0.717) is 39.9 Å². The van der Waals surface area contributed by atoms with E-state index in [2.05, 4.69) is 62.9 Å². The maximum atomic E-state index is 17.6. The van der Waals surface area contributed by atoms with E-state index < -0.39 is 30.3 Å². The second-order valence-corrected chi connectivity index (χ2v) is 25.0. The molecule has 1 saturated carbocycles. The fourth-order valence-electron chi connectivity index (χ4n) is 10.2. The zero-order valence-corrected chi connectivity index (χ0v) is 36.1. The zero-order valence-electron chi connectivity index (χ0n) is 34.3. The van der Waals surface area contributed by atoms with Crippen LogP contribution in [0.15, 0.2) is 41.6 Å². The van der Waals surface area contributed by atoms with Gasteiger partial charge in [-0.3, -0.25) is 9.11 Å². The van der Waals surface area contributed by atoms with Gasteiger partial charge in [-0.2, -0.15) is 0 Å². The zero-order chi connectivity index (χ0) is 40.0. The summed E-state index contributed by atoms with van der Waals surface area (Å²) in [6.07, 6.45) is 4.35. The highest BCUT2D eigenvalue weighted by molar-refractivity contribution is 7.84. The van der Waals surface area contributed by atoms with Crippen molar-refractivity contribution in [2.75, 3.05) is 17.7 Å². The number of halogens is 1. The number of amides is 1. The number of benzene rings is 2. The van der Waals surface area contributed by atoms with E-state index in [1.54, 1.807) is 0 Å². The van der Waals surface area contributed by atoms with E-state index in [4.69, 9.17) is 19.4 Å². The molecule has 2 aromatic carbocycles. The van der Waals surface area contributed by atoms with Crippen LogP contribution in [0, 0.1) is 23.2 Å². The van der Waals surface area contributed by atoms with Gasteiger partial charge in [0.05, 0.1) is 28.9 Å². The summed E-state index contributed by atoms with van der Waals surface area (Å²) in [5.74, 6) is 3.97. The Hall–Kier alpha value is -4.08. The van der Waals surface area contributed by atoms with Crippen LogP contribution in [0.3, 0.4) is 0 Å². The molecule has 4 aliphatic rings. The lowest BCUT2D eigenvalue weighted by molar-refractivity contribution is -0.00210. The van der Waals surface area contributed by atoms with Crippen molar-refractivity contribution in [3.8, 4) is 28.6 Å². The van der Waals surface area contributed by atoms with Crippen LogP contribution in [0.1, 0.15) is 93.6 Å². The summed E-state index contributed by atoms with van der Waals surface area (Å²) in [4.78, 5) is 32.5. The quantitative estimate of drug-likeness (QED) is 0.108. The highest BCUT2D eigenvalue weighted by Gasteiger charge is 2.57. The molecule has 1 aliphatic carbocycles. The minimum absolute atomic E-state index is 0.0312. The second-order valence-electron chi connectivity index (χ2n) is 18.2. The first kappa shape index (κ1) is 38.8. The number of fused-ring (bicyclic) bond motifs is 6. The molecule has 2 saturated heterocycles. The first-order valence-corrected chi connectivity index (χ1v) is 24.0. The lowest BCUT2D eigenvalue weighted by Gasteiger charge is -2.48. The Kier molecular flexibility index (Phi) is 9.75. The molecular weight excluding hydrogens is 742 g/mol. The molecule has 1 amide bonds. The number of hydrogen-bond acceptors (Lipinski definition) is 8. The molecule has 4 aromatic rings. The van der Waals surface area contributed by atoms with E-state index >= 15 is 4.39 Å². The monoisotopic (exact) mass is 795 g/mol. The number of carbonyl (C=O) groups excluding carboxylic acids is 1. The average molecular weight is 796 g/mol. The minimum Gasteiger partial charge on any atom is -0.471 e. The first-order valence-electron chi connectivity index (χ1n) is 20.3. The molecule has 3 fully saturated rings. The highest BCUT2D eigenvalue weighted by Crippen LogP contribution is 2.51.